The third kappa shape index (κ3) is 11.5. The number of anilines is 2. The van der Waals surface area contributed by atoms with Crippen LogP contribution in [0.3, 0.4) is 0 Å². The van der Waals surface area contributed by atoms with Gasteiger partial charge in [-0.1, -0.05) is 18.1 Å². The number of carbonyl (C=O) groups is 6. The normalized spacial score (nSPS) is 11.5. The molecule has 5 rings (SSSR count). The van der Waals surface area contributed by atoms with E-state index in [1.165, 1.54) is 48.4 Å². The van der Waals surface area contributed by atoms with Crippen molar-refractivity contribution in [2.24, 2.45) is 30.0 Å². The van der Waals surface area contributed by atoms with E-state index in [4.69, 9.17) is 5.84 Å². The highest BCUT2D eigenvalue weighted by molar-refractivity contribution is 6.45. The molecule has 0 spiro atoms. The molecular formula is C44H48F4N12O6. The highest BCUT2D eigenvalue weighted by Gasteiger charge is 2.30. The molecule has 0 unspecified atom stereocenters. The van der Waals surface area contributed by atoms with Crippen LogP contribution in [0.1, 0.15) is 95.6 Å². The molecule has 0 aliphatic rings. The smallest absolute Gasteiger partial charge is 0.292 e. The average molecular weight is 917 g/mol. The first-order valence-corrected chi connectivity index (χ1v) is 20.5. The Morgan fingerprint density at radius 2 is 1.20 bits per heavy atom. The predicted molar refractivity (Wildman–Crippen MR) is 235 cm³/mol. The molecule has 3 aromatic heterocycles. The fourth-order valence-corrected chi connectivity index (χ4v) is 7.18. The highest BCUT2D eigenvalue weighted by atomic mass is 19.2. The zero-order chi connectivity index (χ0) is 48.4. The number of aliphatic imine (C=N–C) groups is 1. The van der Waals surface area contributed by atoms with Crippen LogP contribution in [0.5, 0.6) is 0 Å². The van der Waals surface area contributed by atoms with Gasteiger partial charge in [0.1, 0.15) is 17.1 Å². The summed E-state index contributed by atoms with van der Waals surface area (Å²) in [5.74, 6) is -3.96. The van der Waals surface area contributed by atoms with Crippen molar-refractivity contribution >= 4 is 58.5 Å². The molecule has 22 heteroatoms. The lowest BCUT2D eigenvalue weighted by Crippen LogP contribution is -2.36. The van der Waals surface area contributed by atoms with Gasteiger partial charge >= 0.3 is 0 Å². The summed E-state index contributed by atoms with van der Waals surface area (Å²) in [4.78, 5) is 82.6. The van der Waals surface area contributed by atoms with E-state index >= 15 is 0 Å². The molecule has 0 aliphatic heterocycles. The number of hydrogen-bond acceptors (Lipinski definition) is 11. The van der Waals surface area contributed by atoms with Crippen LogP contribution in [0.15, 0.2) is 52.7 Å². The van der Waals surface area contributed by atoms with Gasteiger partial charge in [-0.2, -0.15) is 5.10 Å². The number of hydrogen-bond donors (Lipinski definition) is 5. The molecule has 0 saturated heterocycles. The number of unbranched alkanes of at least 4 members (excludes halogenated alkanes) is 3. The summed E-state index contributed by atoms with van der Waals surface area (Å²) in [6, 6.07) is 5.78. The summed E-state index contributed by atoms with van der Waals surface area (Å²) in [6.07, 6.45) is 6.17. The second kappa shape index (κ2) is 21.7. The molecule has 0 saturated carbocycles. The summed E-state index contributed by atoms with van der Waals surface area (Å²) in [6.45, 7) is 6.85. The average Bonchev–Trinajstić information content (AvgIpc) is 3.90. The van der Waals surface area contributed by atoms with Gasteiger partial charge in [0.25, 0.3) is 35.2 Å². The van der Waals surface area contributed by atoms with Crippen LogP contribution in [0.2, 0.25) is 0 Å². The predicted octanol–water partition coefficient (Wildman–Crippen LogP) is 4.69. The van der Waals surface area contributed by atoms with E-state index in [1.807, 2.05) is 0 Å². The first-order valence-electron chi connectivity index (χ1n) is 20.5. The Kier molecular flexibility index (Phi) is 16.2. The van der Waals surface area contributed by atoms with E-state index in [2.05, 4.69) is 41.7 Å². The summed E-state index contributed by atoms with van der Waals surface area (Å²) in [5, 5.41) is 21.7. The standard InChI is InChI=1S/C44H48F4N12O6/c1-23-35(25(3)58(5)37(23)41(63)53-27-11-13-31(45)33(47)17-27)39(61)43(65)51-20-29(55-49)19-50-15-9-7-8-10-16-60-22-30(56-57-60)21-52-44(66)40(62)36-24(2)38(59(6)26(36)4)42(64)54-28-12-14-32(46)34(48)18-28/h11-14,17-19,22H,7-10,15-16,20-21,49H2,1-6H3,(H,51,65)(H,52,66)(H,53,63)(H,54,64). The maximum absolute atomic E-state index is 13.7. The van der Waals surface area contributed by atoms with Crippen molar-refractivity contribution in [3.63, 3.8) is 0 Å². The molecule has 0 bridgehead atoms. The van der Waals surface area contributed by atoms with E-state index in [-0.39, 0.29) is 63.8 Å². The van der Waals surface area contributed by atoms with Crippen molar-refractivity contribution in [3.05, 3.63) is 117 Å². The number of rotatable bonds is 20. The number of aryl methyl sites for hydroxylation is 1. The third-order valence-corrected chi connectivity index (χ3v) is 10.8. The van der Waals surface area contributed by atoms with Crippen molar-refractivity contribution in [1.29, 1.82) is 0 Å². The summed E-state index contributed by atoms with van der Waals surface area (Å²) in [5.41, 5.74) is 1.95. The van der Waals surface area contributed by atoms with Gasteiger partial charge in [-0.15, -0.1) is 5.10 Å². The number of Topliss-reactive ketones (excluding diaryl/α,β-unsaturated/α-hetero) is 2. The van der Waals surface area contributed by atoms with Crippen LogP contribution in [0.4, 0.5) is 28.9 Å². The van der Waals surface area contributed by atoms with Crippen molar-refractivity contribution in [2.45, 2.75) is 66.5 Å². The first kappa shape index (κ1) is 49.2. The molecule has 2 aromatic carbocycles. The number of benzene rings is 2. The Morgan fingerprint density at radius 1 is 0.697 bits per heavy atom. The monoisotopic (exact) mass is 916 g/mol. The lowest BCUT2D eigenvalue weighted by Gasteiger charge is -2.08. The number of nitrogens with one attached hydrogen (secondary N) is 4. The molecule has 0 aliphatic carbocycles. The molecule has 0 radical (unpaired) electrons. The lowest BCUT2D eigenvalue weighted by molar-refractivity contribution is -0.117. The Hall–Kier alpha value is -7.78. The van der Waals surface area contributed by atoms with Crippen LogP contribution in [0.25, 0.3) is 0 Å². The van der Waals surface area contributed by atoms with Gasteiger partial charge in [-0.3, -0.25) is 38.4 Å². The van der Waals surface area contributed by atoms with E-state index in [9.17, 15) is 46.3 Å². The summed E-state index contributed by atoms with van der Waals surface area (Å²) >= 11 is 0. The van der Waals surface area contributed by atoms with Gasteiger partial charge in [0.05, 0.1) is 36.1 Å². The fourth-order valence-electron chi connectivity index (χ4n) is 7.18. The number of halogens is 4. The summed E-state index contributed by atoms with van der Waals surface area (Å²) < 4.78 is 58.5. The van der Waals surface area contributed by atoms with Crippen molar-refractivity contribution < 1.29 is 46.3 Å². The highest BCUT2D eigenvalue weighted by Crippen LogP contribution is 2.25. The minimum atomic E-state index is -1.15. The number of amides is 4. The topological polar surface area (TPSA) is 242 Å². The Balaban J connectivity index is 1.00. The zero-order valence-electron chi connectivity index (χ0n) is 36.9. The van der Waals surface area contributed by atoms with E-state index < -0.39 is 58.5 Å². The molecule has 0 fully saturated rings. The summed E-state index contributed by atoms with van der Waals surface area (Å²) in [7, 11) is 3.07. The van der Waals surface area contributed by atoms with Crippen molar-refractivity contribution in [2.75, 3.05) is 23.7 Å². The van der Waals surface area contributed by atoms with Crippen molar-refractivity contribution in [3.8, 4) is 0 Å². The Morgan fingerprint density at radius 3 is 1.70 bits per heavy atom. The maximum atomic E-state index is 13.7. The molecule has 5 aromatic rings. The van der Waals surface area contributed by atoms with Gasteiger partial charge in [0, 0.05) is 68.3 Å². The van der Waals surface area contributed by atoms with Gasteiger partial charge < -0.3 is 36.2 Å². The largest absolute Gasteiger partial charge is 0.343 e. The van der Waals surface area contributed by atoms with Gasteiger partial charge in [0.2, 0.25) is 0 Å². The number of hydrazone groups is 1. The van der Waals surface area contributed by atoms with E-state index in [0.29, 0.717) is 30.2 Å². The Bertz CT molecular complexity index is 2770. The molecule has 4 amide bonds. The molecule has 66 heavy (non-hydrogen) atoms. The van der Waals surface area contributed by atoms with Crippen LogP contribution in [0, 0.1) is 51.0 Å². The number of carbonyl (C=O) groups excluding carboxylic acids is 6. The molecule has 0 atom stereocenters. The number of ketones is 2. The molecule has 6 N–H and O–H groups in total. The number of aromatic nitrogens is 5. The van der Waals surface area contributed by atoms with Crippen LogP contribution in [-0.2, 0) is 36.8 Å². The number of nitrogens with two attached hydrogens (primary N) is 1. The number of nitrogens with zero attached hydrogens (tertiary/aromatic N) is 7. The molecule has 3 heterocycles. The molecular weight excluding hydrogens is 869 g/mol. The quantitative estimate of drug-likeness (QED) is 0.0138. The van der Waals surface area contributed by atoms with Gasteiger partial charge in [-0.25, -0.2) is 17.6 Å². The van der Waals surface area contributed by atoms with Gasteiger partial charge in [0.15, 0.2) is 23.3 Å². The van der Waals surface area contributed by atoms with Crippen LogP contribution >= 0.6 is 0 Å². The third-order valence-electron chi connectivity index (χ3n) is 10.8. The fraction of sp³-hybridized carbons (Fsp3) is 0.318. The molecule has 348 valence electrons. The molecule has 18 nitrogen and oxygen atoms in total. The zero-order valence-corrected chi connectivity index (χ0v) is 36.9. The first-order chi connectivity index (χ1) is 31.3. The minimum Gasteiger partial charge on any atom is -0.343 e. The Labute approximate surface area is 375 Å². The second-order valence-corrected chi connectivity index (χ2v) is 15.2. The van der Waals surface area contributed by atoms with Crippen molar-refractivity contribution in [1.82, 2.24) is 34.8 Å². The van der Waals surface area contributed by atoms with Crippen LogP contribution in [-0.4, -0.2) is 84.3 Å². The lowest BCUT2D eigenvalue weighted by atomic mass is 10.0. The van der Waals surface area contributed by atoms with E-state index in [0.717, 1.165) is 49.9 Å². The SMILES string of the molecule is Cc1c(C(=O)C(=O)NCC(C=NCCCCCCn2cc(CNC(=O)C(=O)c3c(C)c(C(=O)Nc4ccc(F)c(F)c4)n(C)c3C)nn2)=NN)c(C)n(C)c1C(=O)Nc1ccc(F)c(F)c1. The maximum Gasteiger partial charge on any atom is 0.292 e. The van der Waals surface area contributed by atoms with Gasteiger partial charge in [-0.05, 0) is 75.9 Å². The second-order valence-electron chi connectivity index (χ2n) is 15.2. The van der Waals surface area contributed by atoms with Crippen LogP contribution < -0.4 is 27.1 Å². The minimum absolute atomic E-state index is 0.00356. The van der Waals surface area contributed by atoms with E-state index in [1.54, 1.807) is 31.8 Å².